The molecular weight excluding hydrogens is 208 g/mol. The molecule has 0 aromatic heterocycles. The number of primary amides is 1. The molecule has 0 unspecified atom stereocenters. The van der Waals surface area contributed by atoms with Crippen LogP contribution in [0.3, 0.4) is 0 Å². The molecule has 1 aliphatic rings. The zero-order chi connectivity index (χ0) is 12.3. The number of rotatable bonds is 3. The second kappa shape index (κ2) is 4.72. The molecule has 0 radical (unpaired) electrons. The number of nitrogens with two attached hydrogens (primary N) is 1. The van der Waals surface area contributed by atoms with Crippen LogP contribution >= 0.6 is 0 Å². The molecule has 1 saturated carbocycles. The van der Waals surface area contributed by atoms with Gasteiger partial charge in [0.25, 0.3) is 0 Å². The zero-order valence-electron chi connectivity index (χ0n) is 10.1. The van der Waals surface area contributed by atoms with Crippen molar-refractivity contribution >= 4 is 12.0 Å². The lowest BCUT2D eigenvalue weighted by molar-refractivity contribution is -0.119. The maximum Gasteiger partial charge on any atom is 0.407 e. The molecule has 5 heteroatoms. The van der Waals surface area contributed by atoms with E-state index >= 15 is 0 Å². The van der Waals surface area contributed by atoms with E-state index in [0.29, 0.717) is 12.3 Å². The fourth-order valence-corrected chi connectivity index (χ4v) is 1.78. The highest BCUT2D eigenvalue weighted by Gasteiger charge is 2.32. The van der Waals surface area contributed by atoms with Crippen molar-refractivity contribution in [3.63, 3.8) is 0 Å². The van der Waals surface area contributed by atoms with Crippen LogP contribution in [0.4, 0.5) is 4.79 Å². The smallest absolute Gasteiger partial charge is 0.407 e. The third-order valence-corrected chi connectivity index (χ3v) is 2.45. The van der Waals surface area contributed by atoms with Crippen molar-refractivity contribution < 1.29 is 14.3 Å². The summed E-state index contributed by atoms with van der Waals surface area (Å²) in [4.78, 5) is 22.0. The minimum absolute atomic E-state index is 0.124. The average molecular weight is 228 g/mol. The van der Waals surface area contributed by atoms with Crippen molar-refractivity contribution in [2.45, 2.75) is 51.7 Å². The predicted molar refractivity (Wildman–Crippen MR) is 59.7 cm³/mol. The molecule has 0 saturated heterocycles. The van der Waals surface area contributed by atoms with Crippen LogP contribution in [0.15, 0.2) is 0 Å². The fourth-order valence-electron chi connectivity index (χ4n) is 1.78. The quantitative estimate of drug-likeness (QED) is 0.760. The molecule has 0 bridgehead atoms. The van der Waals surface area contributed by atoms with Gasteiger partial charge in [0, 0.05) is 12.5 Å². The standard InChI is InChI=1S/C11H20N2O3/c1-11(2,3)16-10(15)13-8-4-7(5-8)6-9(12)14/h7-8H,4-6H2,1-3H3,(H2,12,14)(H,13,15). The van der Waals surface area contributed by atoms with Gasteiger partial charge in [0.15, 0.2) is 0 Å². The summed E-state index contributed by atoms with van der Waals surface area (Å²) >= 11 is 0. The topological polar surface area (TPSA) is 81.4 Å². The lowest BCUT2D eigenvalue weighted by atomic mass is 9.78. The van der Waals surface area contributed by atoms with E-state index in [9.17, 15) is 9.59 Å². The number of hydrogen-bond acceptors (Lipinski definition) is 3. The van der Waals surface area contributed by atoms with E-state index in [1.54, 1.807) is 0 Å². The number of carbonyl (C=O) groups excluding carboxylic acids is 2. The number of carbonyl (C=O) groups is 2. The number of hydrogen-bond donors (Lipinski definition) is 2. The molecule has 5 nitrogen and oxygen atoms in total. The molecule has 1 rings (SSSR count). The lowest BCUT2D eigenvalue weighted by Crippen LogP contribution is -2.46. The number of amides is 2. The molecule has 1 aliphatic carbocycles. The van der Waals surface area contributed by atoms with Crippen LogP contribution in [0, 0.1) is 5.92 Å². The summed E-state index contributed by atoms with van der Waals surface area (Å²) in [6.45, 7) is 5.47. The van der Waals surface area contributed by atoms with Crippen LogP contribution in [0.25, 0.3) is 0 Å². The summed E-state index contributed by atoms with van der Waals surface area (Å²) in [6, 6.07) is 0.124. The molecular formula is C11H20N2O3. The molecule has 3 N–H and O–H groups in total. The van der Waals surface area contributed by atoms with E-state index in [1.165, 1.54) is 0 Å². The van der Waals surface area contributed by atoms with Gasteiger partial charge in [0.1, 0.15) is 5.60 Å². The van der Waals surface area contributed by atoms with Crippen LogP contribution in [-0.4, -0.2) is 23.6 Å². The Labute approximate surface area is 95.7 Å². The maximum absolute atomic E-state index is 11.4. The summed E-state index contributed by atoms with van der Waals surface area (Å²) in [6.07, 6.45) is 1.63. The Balaban J connectivity index is 2.17. The van der Waals surface area contributed by atoms with Crippen LogP contribution in [0.5, 0.6) is 0 Å². The van der Waals surface area contributed by atoms with Gasteiger partial charge in [-0.3, -0.25) is 4.79 Å². The summed E-state index contributed by atoms with van der Waals surface area (Å²) in [5, 5.41) is 2.76. The van der Waals surface area contributed by atoms with Gasteiger partial charge in [0.2, 0.25) is 5.91 Å². The van der Waals surface area contributed by atoms with Crippen molar-refractivity contribution in [2.24, 2.45) is 11.7 Å². The lowest BCUT2D eigenvalue weighted by Gasteiger charge is -2.35. The van der Waals surface area contributed by atoms with Gasteiger partial charge in [-0.15, -0.1) is 0 Å². The number of alkyl carbamates (subject to hydrolysis) is 1. The number of ether oxygens (including phenoxy) is 1. The van der Waals surface area contributed by atoms with Crippen molar-refractivity contribution in [2.75, 3.05) is 0 Å². The predicted octanol–water partition coefficient (Wildman–Crippen LogP) is 1.17. The van der Waals surface area contributed by atoms with Crippen molar-refractivity contribution in [3.8, 4) is 0 Å². The van der Waals surface area contributed by atoms with Gasteiger partial charge in [-0.05, 0) is 39.5 Å². The normalized spacial score (nSPS) is 24.4. The molecule has 0 atom stereocenters. The van der Waals surface area contributed by atoms with E-state index in [-0.39, 0.29) is 11.9 Å². The molecule has 0 aromatic rings. The summed E-state index contributed by atoms with van der Waals surface area (Å²) in [7, 11) is 0. The molecule has 0 aromatic carbocycles. The summed E-state index contributed by atoms with van der Waals surface area (Å²) < 4.78 is 5.12. The van der Waals surface area contributed by atoms with Gasteiger partial charge < -0.3 is 15.8 Å². The average Bonchev–Trinajstić information content (AvgIpc) is 1.95. The van der Waals surface area contributed by atoms with Gasteiger partial charge in [-0.25, -0.2) is 4.79 Å². The Hall–Kier alpha value is -1.26. The van der Waals surface area contributed by atoms with E-state index < -0.39 is 11.7 Å². The monoisotopic (exact) mass is 228 g/mol. The van der Waals surface area contributed by atoms with Crippen LogP contribution in [-0.2, 0) is 9.53 Å². The van der Waals surface area contributed by atoms with Gasteiger partial charge in [-0.1, -0.05) is 0 Å². The highest BCUT2D eigenvalue weighted by Crippen LogP contribution is 2.30. The maximum atomic E-state index is 11.4. The Morgan fingerprint density at radius 3 is 2.38 bits per heavy atom. The SMILES string of the molecule is CC(C)(C)OC(=O)NC1CC(CC(N)=O)C1. The first kappa shape index (κ1) is 12.8. The van der Waals surface area contributed by atoms with Gasteiger partial charge in [-0.2, -0.15) is 0 Å². The van der Waals surface area contributed by atoms with E-state index in [2.05, 4.69) is 5.32 Å². The zero-order valence-corrected chi connectivity index (χ0v) is 10.1. The summed E-state index contributed by atoms with van der Waals surface area (Å²) in [5.41, 5.74) is 4.61. The Morgan fingerprint density at radius 1 is 1.38 bits per heavy atom. The minimum Gasteiger partial charge on any atom is -0.444 e. The van der Waals surface area contributed by atoms with E-state index in [4.69, 9.17) is 10.5 Å². The number of nitrogens with one attached hydrogen (secondary N) is 1. The Kier molecular flexibility index (Phi) is 3.78. The first-order valence-electron chi connectivity index (χ1n) is 5.54. The van der Waals surface area contributed by atoms with Gasteiger partial charge in [0.05, 0.1) is 0 Å². The molecule has 16 heavy (non-hydrogen) atoms. The van der Waals surface area contributed by atoms with Crippen molar-refractivity contribution in [1.29, 1.82) is 0 Å². The molecule has 0 heterocycles. The van der Waals surface area contributed by atoms with Crippen molar-refractivity contribution in [3.05, 3.63) is 0 Å². The molecule has 0 spiro atoms. The Morgan fingerprint density at radius 2 is 1.94 bits per heavy atom. The van der Waals surface area contributed by atoms with Crippen molar-refractivity contribution in [1.82, 2.24) is 5.32 Å². The van der Waals surface area contributed by atoms with Crippen LogP contribution in [0.1, 0.15) is 40.0 Å². The second-order valence-corrected chi connectivity index (χ2v) is 5.35. The fraction of sp³-hybridized carbons (Fsp3) is 0.818. The molecule has 2 amide bonds. The first-order valence-corrected chi connectivity index (χ1v) is 5.54. The third kappa shape index (κ3) is 4.51. The van der Waals surface area contributed by atoms with Gasteiger partial charge >= 0.3 is 6.09 Å². The highest BCUT2D eigenvalue weighted by molar-refractivity contribution is 5.74. The first-order chi connectivity index (χ1) is 7.26. The molecule has 1 fully saturated rings. The van der Waals surface area contributed by atoms with Crippen LogP contribution in [0.2, 0.25) is 0 Å². The largest absolute Gasteiger partial charge is 0.444 e. The Bertz CT molecular complexity index is 277. The van der Waals surface area contributed by atoms with E-state index in [0.717, 1.165) is 12.8 Å². The second-order valence-electron chi connectivity index (χ2n) is 5.35. The van der Waals surface area contributed by atoms with Crippen LogP contribution < -0.4 is 11.1 Å². The minimum atomic E-state index is -0.472. The summed E-state index contributed by atoms with van der Waals surface area (Å²) in [5.74, 6) is 0.0400. The third-order valence-electron chi connectivity index (χ3n) is 2.45. The van der Waals surface area contributed by atoms with E-state index in [1.807, 2.05) is 20.8 Å². The molecule has 92 valence electrons. The highest BCUT2D eigenvalue weighted by atomic mass is 16.6. The molecule has 0 aliphatic heterocycles.